The number of fused-ring (bicyclic) bond motifs is 4. The Morgan fingerprint density at radius 3 is 2.03 bits per heavy atom. The van der Waals surface area contributed by atoms with E-state index >= 15 is 4.79 Å². The minimum atomic E-state index is -5.25. The van der Waals surface area contributed by atoms with E-state index in [1.54, 1.807) is 48.5 Å². The summed E-state index contributed by atoms with van der Waals surface area (Å²) in [6.45, 7) is 0. The van der Waals surface area contributed by atoms with Gasteiger partial charge in [-0.1, -0.05) is 59.6 Å². The first kappa shape index (κ1) is 40.1. The Balaban J connectivity index is 1.36. The molecule has 58 heavy (non-hydrogen) atoms. The zero-order valence-electron chi connectivity index (χ0n) is 29.7. The topological polar surface area (TPSA) is 104 Å². The number of phenolic OH excluding ortho intramolecular Hbond substituents is 1. The molecule has 0 bridgehead atoms. The molecule has 6 unspecified atom stereocenters. The SMILES string of the molecule is COc1cc(C2C3=CCC4C(=O)N(c5cc(C(F)(F)F)cc(C(F)(F)F)c5)C(=O)C4C3CC3C(=O)N(c4cccc(Cl)c4)C(=O)C32c2ccccc2)c(Br)c(Br)c1O. The fourth-order valence-corrected chi connectivity index (χ4v) is 10.5. The predicted molar refractivity (Wildman–Crippen MR) is 205 cm³/mol. The number of aromatic hydroxyl groups is 1. The van der Waals surface area contributed by atoms with E-state index in [9.17, 15) is 45.8 Å². The fraction of sp³-hybridized carbons (Fsp3) is 0.268. The number of methoxy groups -OCH3 is 1. The molecule has 0 spiro atoms. The number of phenols is 1. The van der Waals surface area contributed by atoms with Gasteiger partial charge in [0, 0.05) is 15.4 Å². The Morgan fingerprint density at radius 1 is 0.776 bits per heavy atom. The molecule has 1 saturated carbocycles. The molecule has 2 aliphatic heterocycles. The summed E-state index contributed by atoms with van der Waals surface area (Å²) in [6, 6.07) is 16.7. The van der Waals surface area contributed by atoms with Crippen LogP contribution in [0, 0.1) is 23.7 Å². The number of halogens is 9. The molecule has 4 aromatic rings. The Morgan fingerprint density at radius 2 is 1.43 bits per heavy atom. The molecule has 6 atom stereocenters. The smallest absolute Gasteiger partial charge is 0.416 e. The van der Waals surface area contributed by atoms with Crippen molar-refractivity contribution in [2.75, 3.05) is 16.9 Å². The maximum absolute atomic E-state index is 15.5. The van der Waals surface area contributed by atoms with Crippen LogP contribution in [0.1, 0.15) is 41.0 Å². The third kappa shape index (κ3) is 5.91. The normalized spacial score (nSPS) is 25.8. The molecule has 2 aliphatic carbocycles. The van der Waals surface area contributed by atoms with Crippen molar-refractivity contribution in [3.05, 3.63) is 127 Å². The number of carbonyl (C=O) groups excluding carboxylic acids is 4. The van der Waals surface area contributed by atoms with Crippen LogP contribution < -0.4 is 14.5 Å². The monoisotopic (exact) mass is 950 g/mol. The number of benzene rings is 4. The van der Waals surface area contributed by atoms with Crippen molar-refractivity contribution in [1.82, 2.24) is 0 Å². The number of hydrogen-bond acceptors (Lipinski definition) is 6. The van der Waals surface area contributed by atoms with Gasteiger partial charge in [-0.3, -0.25) is 19.2 Å². The number of alkyl halides is 6. The van der Waals surface area contributed by atoms with Gasteiger partial charge in [0.1, 0.15) is 0 Å². The average Bonchev–Trinajstić information content (AvgIpc) is 3.57. The van der Waals surface area contributed by atoms with E-state index in [2.05, 4.69) is 31.9 Å². The number of carbonyl (C=O) groups is 4. The third-order valence-corrected chi connectivity index (χ3v) is 14.1. The van der Waals surface area contributed by atoms with E-state index in [0.29, 0.717) is 33.7 Å². The Labute approximate surface area is 347 Å². The zero-order valence-corrected chi connectivity index (χ0v) is 33.6. The van der Waals surface area contributed by atoms with Crippen molar-refractivity contribution in [2.45, 2.75) is 36.5 Å². The van der Waals surface area contributed by atoms with Crippen molar-refractivity contribution >= 4 is 78.5 Å². The van der Waals surface area contributed by atoms with Crippen LogP contribution in [0.25, 0.3) is 0 Å². The van der Waals surface area contributed by atoms with Crippen molar-refractivity contribution in [2.24, 2.45) is 23.7 Å². The lowest BCUT2D eigenvalue weighted by atomic mass is 9.49. The minimum absolute atomic E-state index is 0.0203. The van der Waals surface area contributed by atoms with E-state index in [-0.39, 0.29) is 50.1 Å². The first-order chi connectivity index (χ1) is 27.3. The van der Waals surface area contributed by atoms with Crippen molar-refractivity contribution in [1.29, 1.82) is 0 Å². The Hall–Kier alpha value is -4.67. The van der Waals surface area contributed by atoms with Crippen LogP contribution in [0.4, 0.5) is 37.7 Å². The van der Waals surface area contributed by atoms with E-state index in [1.807, 2.05) is 0 Å². The van der Waals surface area contributed by atoms with Crippen LogP contribution in [0.15, 0.2) is 99.5 Å². The second kappa shape index (κ2) is 14.0. The average molecular weight is 953 g/mol. The molecule has 17 heteroatoms. The molecular weight excluding hydrogens is 926 g/mol. The summed E-state index contributed by atoms with van der Waals surface area (Å²) < 4.78 is 89.6. The highest BCUT2D eigenvalue weighted by Crippen LogP contribution is 2.66. The van der Waals surface area contributed by atoms with Crippen molar-refractivity contribution < 1.29 is 55.4 Å². The van der Waals surface area contributed by atoms with E-state index < -0.39 is 87.8 Å². The maximum atomic E-state index is 15.5. The molecule has 4 amide bonds. The lowest BCUT2D eigenvalue weighted by molar-refractivity contribution is -0.143. The molecule has 0 radical (unpaired) electrons. The van der Waals surface area contributed by atoms with E-state index in [1.165, 1.54) is 25.3 Å². The molecule has 8 nitrogen and oxygen atoms in total. The fourth-order valence-electron chi connectivity index (χ4n) is 9.39. The molecule has 0 aromatic heterocycles. The number of ether oxygens (including phenoxy) is 1. The number of nitrogens with zero attached hydrogens (tertiary/aromatic N) is 2. The Bertz CT molecular complexity index is 2450. The van der Waals surface area contributed by atoms with Gasteiger partial charge in [0.05, 0.1) is 57.3 Å². The summed E-state index contributed by atoms with van der Waals surface area (Å²) in [6.07, 6.45) is -9.23. The number of anilines is 2. The molecular formula is C41H27Br2ClF6N2O6. The molecule has 8 rings (SSSR count). The van der Waals surface area contributed by atoms with Gasteiger partial charge >= 0.3 is 12.4 Å². The first-order valence-electron chi connectivity index (χ1n) is 17.6. The molecule has 2 saturated heterocycles. The van der Waals surface area contributed by atoms with Crippen molar-refractivity contribution in [3.63, 3.8) is 0 Å². The van der Waals surface area contributed by atoms with Gasteiger partial charge in [-0.25, -0.2) is 9.80 Å². The van der Waals surface area contributed by atoms with Gasteiger partial charge in [-0.15, -0.1) is 0 Å². The number of allylic oxidation sites excluding steroid dienone is 2. The number of hydrogen-bond donors (Lipinski definition) is 1. The highest BCUT2D eigenvalue weighted by Gasteiger charge is 2.70. The molecule has 1 N–H and O–H groups in total. The van der Waals surface area contributed by atoms with E-state index in [0.717, 1.165) is 4.90 Å². The quantitative estimate of drug-likeness (QED) is 0.121. The highest BCUT2D eigenvalue weighted by molar-refractivity contribution is 9.13. The van der Waals surface area contributed by atoms with Crippen LogP contribution in [0.3, 0.4) is 0 Å². The largest absolute Gasteiger partial charge is 0.503 e. The molecule has 3 fully saturated rings. The lowest BCUT2D eigenvalue weighted by Crippen LogP contribution is -2.53. The number of amides is 4. The van der Waals surface area contributed by atoms with Gasteiger partial charge in [-0.05, 0) is 104 Å². The van der Waals surface area contributed by atoms with Crippen molar-refractivity contribution in [3.8, 4) is 11.5 Å². The summed E-state index contributed by atoms with van der Waals surface area (Å²) >= 11 is 13.3. The molecule has 4 aromatic carbocycles. The van der Waals surface area contributed by atoms with Gasteiger partial charge in [-0.2, -0.15) is 26.3 Å². The summed E-state index contributed by atoms with van der Waals surface area (Å²) in [4.78, 5) is 60.6. The highest BCUT2D eigenvalue weighted by atomic mass is 79.9. The number of rotatable bonds is 5. The summed E-state index contributed by atoms with van der Waals surface area (Å²) in [7, 11) is 1.31. The second-order valence-corrected chi connectivity index (χ2v) is 16.5. The van der Waals surface area contributed by atoms with Crippen LogP contribution in [0.5, 0.6) is 11.5 Å². The van der Waals surface area contributed by atoms with Crippen LogP contribution in [-0.4, -0.2) is 35.8 Å². The molecule has 4 aliphatic rings. The van der Waals surface area contributed by atoms with Crippen LogP contribution in [-0.2, 0) is 36.9 Å². The van der Waals surface area contributed by atoms with Gasteiger partial charge in [0.2, 0.25) is 23.6 Å². The van der Waals surface area contributed by atoms with Gasteiger partial charge < -0.3 is 9.84 Å². The lowest BCUT2D eigenvalue weighted by Gasteiger charge is -2.51. The standard InChI is InChI=1S/C41H27Br2ClF6N2O6/c1-58-29-17-27(32(42)33(43)34(29)53)31-24-10-11-25-30(37(56)51(35(25)54)23-13-19(40(45,46)47)12-20(14-23)41(48,49)50)26(24)16-28-36(55)52(22-9-5-8-21(44)15-22)38(57)39(28,31)18-6-3-2-4-7-18/h2-10,12-15,17,25-26,28,30-31,53H,11,16H2,1H3. The van der Waals surface area contributed by atoms with Crippen LogP contribution in [0.2, 0.25) is 5.02 Å². The molecule has 2 heterocycles. The summed E-state index contributed by atoms with van der Waals surface area (Å²) in [5.74, 6) is -9.66. The summed E-state index contributed by atoms with van der Waals surface area (Å²) in [5, 5.41) is 11.2. The number of imide groups is 2. The zero-order chi connectivity index (χ0) is 41.8. The predicted octanol–water partition coefficient (Wildman–Crippen LogP) is 9.98. The Kier molecular flexibility index (Phi) is 9.67. The maximum Gasteiger partial charge on any atom is 0.416 e. The second-order valence-electron chi connectivity index (χ2n) is 14.5. The van der Waals surface area contributed by atoms with Gasteiger partial charge in [0.25, 0.3) is 0 Å². The van der Waals surface area contributed by atoms with Crippen LogP contribution >= 0.6 is 43.5 Å². The first-order valence-corrected chi connectivity index (χ1v) is 19.6. The minimum Gasteiger partial charge on any atom is -0.503 e. The van der Waals surface area contributed by atoms with Gasteiger partial charge in [0.15, 0.2) is 11.5 Å². The summed E-state index contributed by atoms with van der Waals surface area (Å²) in [5.41, 5.74) is -4.72. The van der Waals surface area contributed by atoms with E-state index in [4.69, 9.17) is 16.3 Å². The molecule has 300 valence electrons. The third-order valence-electron chi connectivity index (χ3n) is 11.7.